The van der Waals surface area contributed by atoms with Gasteiger partial charge in [0.1, 0.15) is 11.7 Å². The molecule has 1 aromatic carbocycles. The Morgan fingerprint density at radius 2 is 2.00 bits per heavy atom. The molecule has 3 rings (SSSR count). The molecule has 0 radical (unpaired) electrons. The molecule has 116 valence electrons. The number of aromatic amines is 1. The van der Waals surface area contributed by atoms with E-state index in [0.29, 0.717) is 5.69 Å². The molecule has 1 unspecified atom stereocenters. The van der Waals surface area contributed by atoms with Crippen molar-refractivity contribution in [2.45, 2.75) is 45.7 Å². The normalized spacial score (nSPS) is 15.8. The maximum absolute atomic E-state index is 12.8. The number of benzene rings is 1. The summed E-state index contributed by atoms with van der Waals surface area (Å²) in [6.07, 6.45) is 1.75. The fourth-order valence-electron chi connectivity index (χ4n) is 2.84. The van der Waals surface area contributed by atoms with Crippen LogP contribution in [0.5, 0.6) is 0 Å². The van der Waals surface area contributed by atoms with Gasteiger partial charge in [-0.15, -0.1) is 0 Å². The molecule has 0 aliphatic heterocycles. The highest BCUT2D eigenvalue weighted by atomic mass is 16.4. The number of aryl methyl sites for hydroxylation is 2. The van der Waals surface area contributed by atoms with Gasteiger partial charge in [-0.05, 0) is 56.9 Å². The van der Waals surface area contributed by atoms with Crippen molar-refractivity contribution in [2.75, 3.05) is 0 Å². The van der Waals surface area contributed by atoms with Crippen LogP contribution in [-0.4, -0.2) is 39.0 Å². The van der Waals surface area contributed by atoms with Crippen molar-refractivity contribution >= 4 is 22.8 Å². The number of H-pyrrole nitrogens is 1. The largest absolute Gasteiger partial charge is 0.480 e. The van der Waals surface area contributed by atoms with E-state index in [4.69, 9.17) is 0 Å². The smallest absolute Gasteiger partial charge is 0.326 e. The van der Waals surface area contributed by atoms with Crippen LogP contribution < -0.4 is 0 Å². The number of hydrogen-bond acceptors (Lipinski definition) is 2. The number of aromatic nitrogens is 1. The van der Waals surface area contributed by atoms with Gasteiger partial charge in [-0.3, -0.25) is 4.79 Å². The van der Waals surface area contributed by atoms with Gasteiger partial charge in [-0.25, -0.2) is 4.79 Å². The fraction of sp³-hybridized carbons (Fsp3) is 0.412. The molecule has 0 spiro atoms. The predicted molar refractivity (Wildman–Crippen MR) is 84.1 cm³/mol. The lowest BCUT2D eigenvalue weighted by atomic mass is 10.1. The van der Waals surface area contributed by atoms with Gasteiger partial charge in [0, 0.05) is 16.9 Å². The third-order valence-corrected chi connectivity index (χ3v) is 4.52. The van der Waals surface area contributed by atoms with E-state index in [9.17, 15) is 14.7 Å². The molecule has 1 amide bonds. The molecule has 2 aromatic rings. The third-order valence-electron chi connectivity index (χ3n) is 4.52. The number of nitrogens with zero attached hydrogens (tertiary/aromatic N) is 1. The SMILES string of the molecule is Cc1ccc2[nH]c(C(=O)N(C3CC3)C(C)C(=O)O)cc2c1C. The van der Waals surface area contributed by atoms with Crippen LogP contribution in [0, 0.1) is 13.8 Å². The van der Waals surface area contributed by atoms with Gasteiger partial charge in [0.05, 0.1) is 0 Å². The Hall–Kier alpha value is -2.30. The molecule has 1 heterocycles. The topological polar surface area (TPSA) is 73.4 Å². The highest BCUT2D eigenvalue weighted by molar-refractivity contribution is 6.00. The second-order valence-corrected chi connectivity index (χ2v) is 6.11. The minimum atomic E-state index is -0.969. The Morgan fingerprint density at radius 1 is 1.32 bits per heavy atom. The van der Waals surface area contributed by atoms with Crippen molar-refractivity contribution in [2.24, 2.45) is 0 Å². The summed E-state index contributed by atoms with van der Waals surface area (Å²) in [7, 11) is 0. The molecule has 1 aliphatic rings. The molecule has 0 bridgehead atoms. The first-order valence-corrected chi connectivity index (χ1v) is 7.54. The van der Waals surface area contributed by atoms with Crippen LogP contribution in [0.2, 0.25) is 0 Å². The number of aliphatic carboxylic acids is 1. The Balaban J connectivity index is 2.00. The molecule has 0 saturated heterocycles. The minimum Gasteiger partial charge on any atom is -0.480 e. The van der Waals surface area contributed by atoms with Crippen LogP contribution in [0.15, 0.2) is 18.2 Å². The zero-order valence-electron chi connectivity index (χ0n) is 13.0. The number of hydrogen-bond donors (Lipinski definition) is 2. The first kappa shape index (κ1) is 14.6. The van der Waals surface area contributed by atoms with Gasteiger partial charge in [0.2, 0.25) is 0 Å². The van der Waals surface area contributed by atoms with Crippen molar-refractivity contribution < 1.29 is 14.7 Å². The number of nitrogens with one attached hydrogen (secondary N) is 1. The van der Waals surface area contributed by atoms with Crippen molar-refractivity contribution in [3.8, 4) is 0 Å². The Bertz CT molecular complexity index is 759. The average molecular weight is 300 g/mol. The van der Waals surface area contributed by atoms with Crippen molar-refractivity contribution in [1.82, 2.24) is 9.88 Å². The monoisotopic (exact) mass is 300 g/mol. The van der Waals surface area contributed by atoms with E-state index in [1.807, 2.05) is 32.0 Å². The molecule has 1 atom stereocenters. The summed E-state index contributed by atoms with van der Waals surface area (Å²) in [5.74, 6) is -1.20. The van der Waals surface area contributed by atoms with E-state index < -0.39 is 12.0 Å². The predicted octanol–water partition coefficient (Wildman–Crippen LogP) is 2.86. The van der Waals surface area contributed by atoms with Gasteiger partial charge in [0.25, 0.3) is 5.91 Å². The summed E-state index contributed by atoms with van der Waals surface area (Å²) in [6, 6.07) is 5.05. The van der Waals surface area contributed by atoms with Crippen molar-refractivity contribution in [3.63, 3.8) is 0 Å². The Labute approximate surface area is 128 Å². The van der Waals surface area contributed by atoms with E-state index in [0.717, 1.165) is 29.3 Å². The number of carbonyl (C=O) groups excluding carboxylic acids is 1. The van der Waals surface area contributed by atoms with Gasteiger partial charge < -0.3 is 15.0 Å². The lowest BCUT2D eigenvalue weighted by molar-refractivity contribution is -0.141. The van der Waals surface area contributed by atoms with Crippen LogP contribution in [0.1, 0.15) is 41.4 Å². The van der Waals surface area contributed by atoms with Gasteiger partial charge in [0.15, 0.2) is 0 Å². The van der Waals surface area contributed by atoms with E-state index in [1.54, 1.807) is 6.92 Å². The molecule has 5 nitrogen and oxygen atoms in total. The van der Waals surface area contributed by atoms with Crippen molar-refractivity contribution in [3.05, 3.63) is 35.0 Å². The maximum Gasteiger partial charge on any atom is 0.326 e. The Kier molecular flexibility index (Phi) is 3.43. The van der Waals surface area contributed by atoms with E-state index in [1.165, 1.54) is 10.5 Å². The summed E-state index contributed by atoms with van der Waals surface area (Å²) >= 11 is 0. The molecule has 5 heteroatoms. The van der Waals surface area contributed by atoms with Crippen molar-refractivity contribution in [1.29, 1.82) is 0 Å². The second-order valence-electron chi connectivity index (χ2n) is 6.11. The van der Waals surface area contributed by atoms with E-state index in [2.05, 4.69) is 4.98 Å². The summed E-state index contributed by atoms with van der Waals surface area (Å²) in [6.45, 7) is 5.63. The van der Waals surface area contributed by atoms with Crippen LogP contribution >= 0.6 is 0 Å². The maximum atomic E-state index is 12.8. The first-order valence-electron chi connectivity index (χ1n) is 7.54. The number of carboxylic acids is 1. The summed E-state index contributed by atoms with van der Waals surface area (Å²) in [5.41, 5.74) is 3.68. The Morgan fingerprint density at radius 3 is 2.59 bits per heavy atom. The van der Waals surface area contributed by atoms with Crippen LogP contribution in [-0.2, 0) is 4.79 Å². The van der Waals surface area contributed by atoms with Gasteiger partial charge in [-0.1, -0.05) is 6.07 Å². The summed E-state index contributed by atoms with van der Waals surface area (Å²) in [5, 5.41) is 10.3. The standard InChI is InChI=1S/C17H20N2O3/c1-9-4-7-14-13(10(9)2)8-15(18-14)16(20)19(12-5-6-12)11(3)17(21)22/h4,7-8,11-12,18H,5-6H2,1-3H3,(H,21,22). The number of carboxylic acid groups (broad SMARTS) is 1. The highest BCUT2D eigenvalue weighted by Crippen LogP contribution is 2.31. The zero-order valence-corrected chi connectivity index (χ0v) is 13.0. The van der Waals surface area contributed by atoms with Crippen LogP contribution in [0.25, 0.3) is 10.9 Å². The minimum absolute atomic E-state index is 0.0489. The van der Waals surface area contributed by atoms with Gasteiger partial charge in [-0.2, -0.15) is 0 Å². The fourth-order valence-corrected chi connectivity index (χ4v) is 2.84. The lowest BCUT2D eigenvalue weighted by Gasteiger charge is -2.25. The molecular formula is C17H20N2O3. The average Bonchev–Trinajstić information content (AvgIpc) is 3.20. The molecule has 1 aromatic heterocycles. The number of fused-ring (bicyclic) bond motifs is 1. The zero-order chi connectivity index (χ0) is 16.0. The first-order chi connectivity index (χ1) is 10.4. The second kappa shape index (κ2) is 5.16. The number of amides is 1. The van der Waals surface area contributed by atoms with Crippen LogP contribution in [0.4, 0.5) is 0 Å². The molecule has 2 N–H and O–H groups in total. The lowest BCUT2D eigenvalue weighted by Crippen LogP contribution is -2.44. The molecule has 22 heavy (non-hydrogen) atoms. The molecule has 1 aliphatic carbocycles. The summed E-state index contributed by atoms with van der Waals surface area (Å²) < 4.78 is 0. The highest BCUT2D eigenvalue weighted by Gasteiger charge is 2.39. The summed E-state index contributed by atoms with van der Waals surface area (Å²) in [4.78, 5) is 28.7. The van der Waals surface area contributed by atoms with E-state index >= 15 is 0 Å². The van der Waals surface area contributed by atoms with E-state index in [-0.39, 0.29) is 11.9 Å². The molecule has 1 fully saturated rings. The molecular weight excluding hydrogens is 280 g/mol. The number of rotatable bonds is 4. The van der Waals surface area contributed by atoms with Gasteiger partial charge >= 0.3 is 5.97 Å². The third kappa shape index (κ3) is 2.36. The number of carbonyl (C=O) groups is 2. The van der Waals surface area contributed by atoms with Crippen LogP contribution in [0.3, 0.4) is 0 Å². The molecule has 1 saturated carbocycles. The quantitative estimate of drug-likeness (QED) is 0.912.